The Balaban J connectivity index is 2.60. The fraction of sp³-hybridized carbons (Fsp3) is 0.333. The summed E-state index contributed by atoms with van der Waals surface area (Å²) in [7, 11) is 0. The summed E-state index contributed by atoms with van der Waals surface area (Å²) < 4.78 is 0. The van der Waals surface area contributed by atoms with Crippen LogP contribution in [0.1, 0.15) is 0 Å². The van der Waals surface area contributed by atoms with Crippen molar-refractivity contribution >= 4 is 28.5 Å². The third-order valence-electron chi connectivity index (χ3n) is 1.12. The molecule has 0 aromatic carbocycles. The number of nitrogens with one attached hydrogen (secondary N) is 1. The summed E-state index contributed by atoms with van der Waals surface area (Å²) in [6.45, 7) is 4.10. The van der Waals surface area contributed by atoms with Crippen molar-refractivity contribution in [3.05, 3.63) is 12.2 Å². The van der Waals surface area contributed by atoms with Crippen LogP contribution in [0.3, 0.4) is 0 Å². The van der Waals surface area contributed by atoms with Gasteiger partial charge in [0.2, 0.25) is 0 Å². The second-order valence-corrected chi connectivity index (χ2v) is 3.06. The Morgan fingerprint density at radius 2 is 2.60 bits per heavy atom. The standard InChI is InChI=1S/C6H8BrN3/c1-8-10-6-3-2-5(7)4-9-6/h2-3,5H,1,4H2,(H,9,10)/t5-/m0/s1. The van der Waals surface area contributed by atoms with E-state index in [1.54, 1.807) is 0 Å². The molecule has 10 heavy (non-hydrogen) atoms. The topological polar surface area (TPSA) is 36.8 Å². The molecule has 0 unspecified atom stereocenters. The monoisotopic (exact) mass is 201 g/mol. The van der Waals surface area contributed by atoms with E-state index in [9.17, 15) is 0 Å². The summed E-state index contributed by atoms with van der Waals surface area (Å²) in [5.41, 5.74) is 0. The zero-order valence-electron chi connectivity index (χ0n) is 5.42. The highest BCUT2D eigenvalue weighted by Crippen LogP contribution is 2.03. The van der Waals surface area contributed by atoms with E-state index in [1.807, 2.05) is 12.2 Å². The molecule has 0 radical (unpaired) electrons. The van der Waals surface area contributed by atoms with Gasteiger partial charge in [-0.2, -0.15) is 5.10 Å². The molecule has 0 aliphatic carbocycles. The van der Waals surface area contributed by atoms with Crippen LogP contribution >= 0.6 is 15.9 Å². The van der Waals surface area contributed by atoms with Crippen molar-refractivity contribution in [2.45, 2.75) is 4.83 Å². The SMILES string of the molecule is C=N/N=C1/C=C[C@H](Br)CN1. The summed E-state index contributed by atoms with van der Waals surface area (Å²) in [5.74, 6) is 0.769. The molecule has 0 aromatic heterocycles. The second-order valence-electron chi connectivity index (χ2n) is 1.88. The second kappa shape index (κ2) is 3.51. The van der Waals surface area contributed by atoms with Crippen molar-refractivity contribution < 1.29 is 0 Å². The minimum Gasteiger partial charge on any atom is -0.367 e. The highest BCUT2D eigenvalue weighted by atomic mass is 79.9. The van der Waals surface area contributed by atoms with E-state index in [2.05, 4.69) is 38.2 Å². The highest BCUT2D eigenvalue weighted by Gasteiger charge is 2.05. The van der Waals surface area contributed by atoms with Crippen LogP contribution in [0.5, 0.6) is 0 Å². The van der Waals surface area contributed by atoms with Gasteiger partial charge in [-0.15, -0.1) is 5.10 Å². The molecular weight excluding hydrogens is 194 g/mol. The van der Waals surface area contributed by atoms with Crippen molar-refractivity contribution in [1.82, 2.24) is 5.32 Å². The van der Waals surface area contributed by atoms with Crippen LogP contribution in [-0.2, 0) is 0 Å². The number of hydrogen-bond donors (Lipinski definition) is 1. The predicted molar refractivity (Wildman–Crippen MR) is 46.8 cm³/mol. The molecule has 0 saturated carbocycles. The molecule has 0 aromatic rings. The van der Waals surface area contributed by atoms with Gasteiger partial charge in [-0.3, -0.25) is 0 Å². The van der Waals surface area contributed by atoms with Crippen molar-refractivity contribution in [2.24, 2.45) is 10.2 Å². The van der Waals surface area contributed by atoms with Crippen molar-refractivity contribution in [1.29, 1.82) is 0 Å². The third kappa shape index (κ3) is 1.95. The zero-order chi connectivity index (χ0) is 7.40. The van der Waals surface area contributed by atoms with E-state index in [1.165, 1.54) is 0 Å². The van der Waals surface area contributed by atoms with E-state index in [-0.39, 0.29) is 0 Å². The van der Waals surface area contributed by atoms with E-state index in [4.69, 9.17) is 0 Å². The maximum Gasteiger partial charge on any atom is 0.148 e. The van der Waals surface area contributed by atoms with E-state index >= 15 is 0 Å². The molecule has 1 aliphatic rings. The van der Waals surface area contributed by atoms with Crippen LogP contribution in [0.25, 0.3) is 0 Å². The first kappa shape index (κ1) is 7.47. The van der Waals surface area contributed by atoms with Crippen LogP contribution in [0.15, 0.2) is 22.4 Å². The molecule has 0 spiro atoms. The summed E-state index contributed by atoms with van der Waals surface area (Å²) >= 11 is 3.42. The van der Waals surface area contributed by atoms with E-state index in [0.717, 1.165) is 12.4 Å². The van der Waals surface area contributed by atoms with Gasteiger partial charge in [0.15, 0.2) is 0 Å². The van der Waals surface area contributed by atoms with Gasteiger partial charge >= 0.3 is 0 Å². The van der Waals surface area contributed by atoms with Gasteiger partial charge in [-0.1, -0.05) is 22.0 Å². The first-order valence-corrected chi connectivity index (χ1v) is 3.84. The molecule has 4 heteroatoms. The molecule has 0 fully saturated rings. The Hall–Kier alpha value is -0.640. The summed E-state index contributed by atoms with van der Waals surface area (Å²) in [5, 5.41) is 10.2. The largest absolute Gasteiger partial charge is 0.367 e. The number of amidine groups is 1. The smallest absolute Gasteiger partial charge is 0.148 e. The van der Waals surface area contributed by atoms with Crippen molar-refractivity contribution in [3.8, 4) is 0 Å². The van der Waals surface area contributed by atoms with E-state index < -0.39 is 0 Å². The average Bonchev–Trinajstić information content (AvgIpc) is 1.95. The van der Waals surface area contributed by atoms with Crippen LogP contribution in [0.2, 0.25) is 0 Å². The van der Waals surface area contributed by atoms with E-state index in [0.29, 0.717) is 4.83 Å². The number of rotatable bonds is 1. The van der Waals surface area contributed by atoms with Crippen molar-refractivity contribution in [3.63, 3.8) is 0 Å². The van der Waals surface area contributed by atoms with Gasteiger partial charge in [0, 0.05) is 13.3 Å². The number of alkyl halides is 1. The first-order chi connectivity index (χ1) is 4.83. The van der Waals surface area contributed by atoms with Crippen molar-refractivity contribution in [2.75, 3.05) is 6.54 Å². The average molecular weight is 202 g/mol. The molecule has 1 aliphatic heterocycles. The molecule has 3 nitrogen and oxygen atoms in total. The maximum atomic E-state index is 3.73. The van der Waals surface area contributed by atoms with Gasteiger partial charge in [-0.05, 0) is 6.08 Å². The molecule has 0 saturated heterocycles. The lowest BCUT2D eigenvalue weighted by Gasteiger charge is -2.12. The lowest BCUT2D eigenvalue weighted by molar-refractivity contribution is 0.889. The molecule has 0 amide bonds. The van der Waals surface area contributed by atoms with Gasteiger partial charge < -0.3 is 5.32 Å². The minimum atomic E-state index is 0.399. The number of halogens is 1. The first-order valence-electron chi connectivity index (χ1n) is 2.93. The molecule has 1 rings (SSSR count). The van der Waals surface area contributed by atoms with Gasteiger partial charge in [0.1, 0.15) is 5.84 Å². The third-order valence-corrected chi connectivity index (χ3v) is 1.75. The molecule has 54 valence electrons. The summed E-state index contributed by atoms with van der Waals surface area (Å²) in [6.07, 6.45) is 3.89. The van der Waals surface area contributed by atoms with Crippen LogP contribution in [0, 0.1) is 0 Å². The highest BCUT2D eigenvalue weighted by molar-refractivity contribution is 9.09. The fourth-order valence-electron chi connectivity index (χ4n) is 0.669. The zero-order valence-corrected chi connectivity index (χ0v) is 7.00. The van der Waals surface area contributed by atoms with Crippen LogP contribution < -0.4 is 5.32 Å². The normalized spacial score (nSPS) is 28.1. The lowest BCUT2D eigenvalue weighted by atomic mass is 10.3. The molecule has 0 bridgehead atoms. The molecule has 1 heterocycles. The summed E-state index contributed by atoms with van der Waals surface area (Å²) in [6, 6.07) is 0. The van der Waals surface area contributed by atoms with Gasteiger partial charge in [0.05, 0.1) is 4.83 Å². The Kier molecular flexibility index (Phi) is 2.62. The molecule has 1 N–H and O–H groups in total. The predicted octanol–water partition coefficient (Wildman–Crippen LogP) is 0.923. The van der Waals surface area contributed by atoms with Crippen LogP contribution in [-0.4, -0.2) is 23.9 Å². The quantitative estimate of drug-likeness (QED) is 0.383. The Labute approximate surface area is 68.0 Å². The fourth-order valence-corrected chi connectivity index (χ4v) is 0.984. The maximum absolute atomic E-state index is 3.73. The van der Waals surface area contributed by atoms with Gasteiger partial charge in [-0.25, -0.2) is 0 Å². The molecular formula is C6H8BrN3. The Bertz CT molecular complexity index is 185. The lowest BCUT2D eigenvalue weighted by Crippen LogP contribution is -2.31. The summed E-state index contributed by atoms with van der Waals surface area (Å²) in [4.78, 5) is 0.399. The minimum absolute atomic E-state index is 0.399. The molecule has 1 atom stereocenters. The number of nitrogens with zero attached hydrogens (tertiary/aromatic N) is 2. The Morgan fingerprint density at radius 1 is 1.80 bits per heavy atom. The van der Waals surface area contributed by atoms with Crippen LogP contribution in [0.4, 0.5) is 0 Å². The number of hydrogen-bond acceptors (Lipinski definition) is 2. The Morgan fingerprint density at radius 3 is 3.10 bits per heavy atom. The van der Waals surface area contributed by atoms with Gasteiger partial charge in [0.25, 0.3) is 0 Å².